The average molecular weight is 464 g/mol. The summed E-state index contributed by atoms with van der Waals surface area (Å²) in [4.78, 5) is 26.6. The van der Waals surface area contributed by atoms with Crippen LogP contribution in [0.4, 0.5) is 0 Å². The first-order chi connectivity index (χ1) is 16.4. The topological polar surface area (TPSA) is 83.1 Å². The van der Waals surface area contributed by atoms with Crippen molar-refractivity contribution in [3.8, 4) is 17.2 Å². The minimum Gasteiger partial charge on any atom is -0.497 e. The molecule has 1 aliphatic heterocycles. The van der Waals surface area contributed by atoms with Gasteiger partial charge in [0, 0.05) is 29.0 Å². The number of dihydropyridines is 1. The highest BCUT2D eigenvalue weighted by Crippen LogP contribution is 2.48. The number of carbonyl (C=O) groups is 2. The van der Waals surface area contributed by atoms with Crippen molar-refractivity contribution < 1.29 is 28.5 Å². The zero-order valence-electron chi connectivity index (χ0n) is 20.1. The summed E-state index contributed by atoms with van der Waals surface area (Å²) in [5.41, 5.74) is 4.19. The van der Waals surface area contributed by atoms with E-state index in [0.29, 0.717) is 46.7 Å². The number of carbonyl (C=O) groups excluding carboxylic acids is 2. The largest absolute Gasteiger partial charge is 0.497 e. The van der Waals surface area contributed by atoms with E-state index in [0.717, 1.165) is 17.0 Å². The van der Waals surface area contributed by atoms with Crippen LogP contribution < -0.4 is 19.5 Å². The fourth-order valence-corrected chi connectivity index (χ4v) is 4.91. The third-order valence-electron chi connectivity index (χ3n) is 6.57. The Morgan fingerprint density at radius 2 is 1.59 bits per heavy atom. The van der Waals surface area contributed by atoms with Gasteiger partial charge in [-0.15, -0.1) is 0 Å². The quantitative estimate of drug-likeness (QED) is 0.642. The Labute approximate surface area is 199 Å². The molecule has 0 aromatic heterocycles. The van der Waals surface area contributed by atoms with Crippen LogP contribution in [0, 0.1) is 0 Å². The van der Waals surface area contributed by atoms with E-state index in [2.05, 4.69) is 5.32 Å². The highest BCUT2D eigenvalue weighted by molar-refractivity contribution is 6.04. The molecule has 0 bridgehead atoms. The molecule has 0 unspecified atom stereocenters. The summed E-state index contributed by atoms with van der Waals surface area (Å²) in [5.74, 6) is 0.836. The van der Waals surface area contributed by atoms with Crippen molar-refractivity contribution in [2.75, 3.05) is 28.4 Å². The summed E-state index contributed by atoms with van der Waals surface area (Å²) < 4.78 is 21.4. The predicted molar refractivity (Wildman–Crippen MR) is 127 cm³/mol. The third-order valence-corrected chi connectivity index (χ3v) is 6.57. The Bertz CT molecular complexity index is 1180. The van der Waals surface area contributed by atoms with E-state index < -0.39 is 11.9 Å². The lowest BCUT2D eigenvalue weighted by molar-refractivity contribution is -0.136. The second-order valence-corrected chi connectivity index (χ2v) is 8.39. The first-order valence-electron chi connectivity index (χ1n) is 11.1. The highest BCUT2D eigenvalue weighted by Gasteiger charge is 2.42. The number of hydrogen-bond donors (Lipinski definition) is 1. The number of nitrogens with one attached hydrogen (secondary N) is 1. The molecule has 7 heteroatoms. The highest BCUT2D eigenvalue weighted by atomic mass is 16.5. The van der Waals surface area contributed by atoms with Crippen LogP contribution in [-0.2, 0) is 14.3 Å². The minimum absolute atomic E-state index is 0.0154. The van der Waals surface area contributed by atoms with Crippen LogP contribution in [-0.4, -0.2) is 40.2 Å². The van der Waals surface area contributed by atoms with E-state index in [4.69, 9.17) is 18.9 Å². The Kier molecular flexibility index (Phi) is 6.63. The first-order valence-corrected chi connectivity index (χ1v) is 11.1. The van der Waals surface area contributed by atoms with Gasteiger partial charge in [0.25, 0.3) is 0 Å². The zero-order valence-corrected chi connectivity index (χ0v) is 20.1. The molecular weight excluding hydrogens is 434 g/mol. The van der Waals surface area contributed by atoms with Gasteiger partial charge >= 0.3 is 5.97 Å². The van der Waals surface area contributed by atoms with Crippen molar-refractivity contribution in [3.63, 3.8) is 0 Å². The molecule has 4 rings (SSSR count). The van der Waals surface area contributed by atoms with Gasteiger partial charge in [-0.1, -0.05) is 12.1 Å². The van der Waals surface area contributed by atoms with Gasteiger partial charge in [-0.2, -0.15) is 0 Å². The Balaban J connectivity index is 1.84. The van der Waals surface area contributed by atoms with Crippen LogP contribution in [0.5, 0.6) is 17.2 Å². The van der Waals surface area contributed by atoms with Crippen LogP contribution in [0.2, 0.25) is 0 Å². The van der Waals surface area contributed by atoms with E-state index in [1.54, 1.807) is 33.5 Å². The average Bonchev–Trinajstić information content (AvgIpc) is 2.86. The lowest BCUT2D eigenvalue weighted by Crippen LogP contribution is -2.36. The van der Waals surface area contributed by atoms with E-state index in [-0.39, 0.29) is 11.7 Å². The van der Waals surface area contributed by atoms with E-state index in [1.165, 1.54) is 7.11 Å². The van der Waals surface area contributed by atoms with Gasteiger partial charge in [-0.3, -0.25) is 4.79 Å². The molecule has 1 aliphatic carbocycles. The van der Waals surface area contributed by atoms with Gasteiger partial charge in [0.1, 0.15) is 17.2 Å². The Morgan fingerprint density at radius 3 is 2.21 bits per heavy atom. The molecule has 0 amide bonds. The van der Waals surface area contributed by atoms with E-state index in [9.17, 15) is 9.59 Å². The van der Waals surface area contributed by atoms with Gasteiger partial charge in [0.15, 0.2) is 5.78 Å². The lowest BCUT2D eigenvalue weighted by Gasteiger charge is -2.37. The fraction of sp³-hybridized carbons (Fsp3) is 0.333. The number of methoxy groups -OCH3 is 4. The summed E-state index contributed by atoms with van der Waals surface area (Å²) in [6.45, 7) is 1.83. The maximum Gasteiger partial charge on any atom is 0.336 e. The molecule has 1 heterocycles. The smallest absolute Gasteiger partial charge is 0.336 e. The normalized spacial score (nSPS) is 19.9. The minimum atomic E-state index is -0.627. The molecule has 0 saturated carbocycles. The molecule has 7 nitrogen and oxygen atoms in total. The number of benzene rings is 2. The van der Waals surface area contributed by atoms with Crippen molar-refractivity contribution in [3.05, 3.63) is 76.1 Å². The van der Waals surface area contributed by atoms with Crippen LogP contribution in [0.3, 0.4) is 0 Å². The maximum atomic E-state index is 13.7. The molecular formula is C27H29NO6. The zero-order chi connectivity index (χ0) is 24.4. The Morgan fingerprint density at radius 1 is 0.912 bits per heavy atom. The van der Waals surface area contributed by atoms with Gasteiger partial charge < -0.3 is 24.3 Å². The van der Waals surface area contributed by atoms with Gasteiger partial charge in [0.2, 0.25) is 0 Å². The van der Waals surface area contributed by atoms with Gasteiger partial charge in [-0.25, -0.2) is 4.79 Å². The van der Waals surface area contributed by atoms with E-state index in [1.807, 2.05) is 37.3 Å². The number of hydrogen-bond acceptors (Lipinski definition) is 7. The summed E-state index contributed by atoms with van der Waals surface area (Å²) in [7, 11) is 6.11. The third kappa shape index (κ3) is 4.14. The number of Topliss-reactive ketones (excluding diaryl/α,β-unsaturated/α-hetero) is 1. The Hall–Kier alpha value is -3.74. The fourth-order valence-electron chi connectivity index (χ4n) is 4.91. The monoisotopic (exact) mass is 463 g/mol. The van der Waals surface area contributed by atoms with Gasteiger partial charge in [0.05, 0.1) is 39.9 Å². The first kappa shape index (κ1) is 23.4. The predicted octanol–water partition coefficient (Wildman–Crippen LogP) is 4.25. The van der Waals surface area contributed by atoms with Gasteiger partial charge in [-0.05, 0) is 55.2 Å². The number of ether oxygens (including phenoxy) is 4. The van der Waals surface area contributed by atoms with Crippen LogP contribution in [0.1, 0.15) is 42.7 Å². The molecule has 0 fully saturated rings. The molecule has 34 heavy (non-hydrogen) atoms. The summed E-state index contributed by atoms with van der Waals surface area (Å²) in [6.07, 6.45) is 0.977. The molecule has 0 spiro atoms. The van der Waals surface area contributed by atoms with E-state index >= 15 is 0 Å². The molecule has 2 aliphatic rings. The summed E-state index contributed by atoms with van der Waals surface area (Å²) in [5, 5.41) is 3.34. The molecule has 0 radical (unpaired) electrons. The molecule has 2 aromatic carbocycles. The van der Waals surface area contributed by atoms with Crippen LogP contribution in [0.25, 0.3) is 0 Å². The lowest BCUT2D eigenvalue weighted by atomic mass is 9.71. The number of ketones is 1. The van der Waals surface area contributed by atoms with Crippen molar-refractivity contribution in [1.29, 1.82) is 0 Å². The molecule has 2 atom stereocenters. The number of esters is 1. The number of rotatable bonds is 6. The van der Waals surface area contributed by atoms with Crippen molar-refractivity contribution in [1.82, 2.24) is 5.32 Å². The molecule has 1 N–H and O–H groups in total. The molecule has 0 saturated heterocycles. The van der Waals surface area contributed by atoms with Crippen molar-refractivity contribution in [2.45, 2.75) is 31.6 Å². The summed E-state index contributed by atoms with van der Waals surface area (Å²) in [6, 6.07) is 13.2. The van der Waals surface area contributed by atoms with Crippen molar-refractivity contribution >= 4 is 11.8 Å². The van der Waals surface area contributed by atoms with Crippen LogP contribution >= 0.6 is 0 Å². The second kappa shape index (κ2) is 9.63. The SMILES string of the molecule is COC(=O)C1=C(C)NC2=C(C(=O)C[C@H](c3ccc(OC)cc3)C2)[C@@H]1c1cc(OC)ccc1OC. The molecule has 178 valence electrons. The summed E-state index contributed by atoms with van der Waals surface area (Å²) >= 11 is 0. The molecule has 2 aromatic rings. The number of allylic oxidation sites excluding steroid dienone is 3. The maximum absolute atomic E-state index is 13.7. The van der Waals surface area contributed by atoms with Crippen LogP contribution in [0.15, 0.2) is 65.0 Å². The van der Waals surface area contributed by atoms with Crippen molar-refractivity contribution in [2.24, 2.45) is 0 Å². The second-order valence-electron chi connectivity index (χ2n) is 8.39. The standard InChI is InChI=1S/C27H29NO6/c1-15-24(27(30)34-5)25(20-14-19(32-3)10-11-23(20)33-4)26-21(28-15)12-17(13-22(26)29)16-6-8-18(31-2)9-7-16/h6-11,14,17,25,28H,12-13H2,1-5H3/t17-,25-/m1/s1.